The van der Waals surface area contributed by atoms with Gasteiger partial charge in [0.15, 0.2) is 5.82 Å². The molecule has 5 heterocycles. The fourth-order valence-electron chi connectivity index (χ4n) is 10.4. The number of fused-ring (bicyclic) bond motifs is 3. The van der Waals surface area contributed by atoms with Crippen LogP contribution in [-0.4, -0.2) is 102 Å². The van der Waals surface area contributed by atoms with Crippen LogP contribution in [0.15, 0.2) is 103 Å². The molecule has 3 fully saturated rings. The van der Waals surface area contributed by atoms with Gasteiger partial charge in [-0.05, 0) is 79.9 Å². The number of nitrogens with zero attached hydrogens (tertiary/aromatic N) is 6. The van der Waals surface area contributed by atoms with E-state index in [0.29, 0.717) is 53.3 Å². The lowest BCUT2D eigenvalue weighted by Gasteiger charge is -2.44. The first-order valence-electron chi connectivity index (χ1n) is 22.5. The minimum Gasteiger partial charge on any atom is -0.461 e. The molecule has 2 aromatic heterocycles. The molecule has 9 rings (SSSR count). The highest BCUT2D eigenvalue weighted by molar-refractivity contribution is 6.99. The fourth-order valence-corrected chi connectivity index (χ4v) is 15.4. The standard InChI is InChI=1S/C51H58ClFN6O4Si/c1-49(2,3)62-48(60)58-28-25-35(31-58)57(7)46-40-30-54-44(39-23-14-17-34-18-15-24-41(52)42(34)39)43(53)45(40)55-47(56-46)61-33-51-26-16-27-59(51)32-36(29-51)63-64(50(4,5)6,37-19-10-8-11-20-37)38-21-12-9-13-22-38/h8-15,17-24,30,35-36H,16,25-29,31-33H2,1-7H3/t35-,36-,51+/m1/s1. The maximum atomic E-state index is 17.3. The van der Waals surface area contributed by atoms with Gasteiger partial charge in [0.25, 0.3) is 8.32 Å². The Balaban J connectivity index is 1.06. The first-order chi connectivity index (χ1) is 30.6. The van der Waals surface area contributed by atoms with E-state index in [9.17, 15) is 4.79 Å². The molecule has 0 bridgehead atoms. The number of likely N-dealkylation sites (tertiary alicyclic amines) is 1. The number of ether oxygens (including phenoxy) is 2. The number of rotatable bonds is 10. The summed E-state index contributed by atoms with van der Waals surface area (Å²) in [5.74, 6) is -0.112. The Labute approximate surface area is 381 Å². The monoisotopic (exact) mass is 900 g/mol. The number of carbonyl (C=O) groups is 1. The lowest BCUT2D eigenvalue weighted by molar-refractivity contribution is 0.0292. The van der Waals surface area contributed by atoms with Crippen LogP contribution >= 0.6 is 11.6 Å². The summed E-state index contributed by atoms with van der Waals surface area (Å²) in [6, 6.07) is 32.8. The predicted molar refractivity (Wildman–Crippen MR) is 256 cm³/mol. The molecular weight excluding hydrogens is 843 g/mol. The highest BCUT2D eigenvalue weighted by Gasteiger charge is 2.56. The quantitative estimate of drug-likeness (QED) is 0.125. The van der Waals surface area contributed by atoms with Gasteiger partial charge >= 0.3 is 12.1 Å². The Hall–Kier alpha value is -5.14. The Morgan fingerprint density at radius 2 is 1.59 bits per heavy atom. The van der Waals surface area contributed by atoms with E-state index < -0.39 is 19.7 Å². The van der Waals surface area contributed by atoms with Crippen molar-refractivity contribution in [2.75, 3.05) is 44.7 Å². The van der Waals surface area contributed by atoms with Crippen molar-refractivity contribution in [3.05, 3.63) is 114 Å². The Bertz CT molecular complexity index is 2640. The smallest absolute Gasteiger partial charge is 0.410 e. The highest BCUT2D eigenvalue weighted by Crippen LogP contribution is 2.45. The lowest BCUT2D eigenvalue weighted by Crippen LogP contribution is -2.67. The summed E-state index contributed by atoms with van der Waals surface area (Å²) in [7, 11) is -0.894. The molecule has 3 saturated heterocycles. The molecular formula is C51H58ClFN6O4Si. The van der Waals surface area contributed by atoms with Gasteiger partial charge in [0.1, 0.15) is 29.2 Å². The van der Waals surface area contributed by atoms with Crippen LogP contribution in [0.1, 0.15) is 67.2 Å². The van der Waals surface area contributed by atoms with Gasteiger partial charge in [-0.15, -0.1) is 0 Å². The molecule has 64 heavy (non-hydrogen) atoms. The van der Waals surface area contributed by atoms with Crippen LogP contribution in [0.4, 0.5) is 15.0 Å². The van der Waals surface area contributed by atoms with Crippen LogP contribution in [0, 0.1) is 5.82 Å². The number of hydrogen-bond donors (Lipinski definition) is 0. The number of hydrogen-bond acceptors (Lipinski definition) is 9. The molecule has 3 atom stereocenters. The van der Waals surface area contributed by atoms with Crippen molar-refractivity contribution >= 4 is 63.9 Å². The SMILES string of the molecule is CN(c1nc(OC[C@@]23CCCN2C[C@H](O[Si](c2ccccc2)(c2ccccc2)C(C)(C)C)C3)nc2c(F)c(-c3cccc4cccc(Cl)c34)ncc12)[C@@H]1CCN(C(=O)OC(C)(C)C)C1. The number of aromatic nitrogens is 3. The number of likely N-dealkylation sites (N-methyl/N-ethyl adjacent to an activating group) is 1. The molecule has 0 aliphatic carbocycles. The summed E-state index contributed by atoms with van der Waals surface area (Å²) in [6.07, 6.45) is 4.66. The summed E-state index contributed by atoms with van der Waals surface area (Å²) in [5.41, 5.74) is -0.126. The summed E-state index contributed by atoms with van der Waals surface area (Å²) >= 11 is 6.74. The van der Waals surface area contributed by atoms with Gasteiger partial charge in [0.05, 0.1) is 17.0 Å². The first kappa shape index (κ1) is 44.1. The van der Waals surface area contributed by atoms with Gasteiger partial charge in [0, 0.05) is 54.9 Å². The van der Waals surface area contributed by atoms with Crippen molar-refractivity contribution in [2.45, 2.75) is 95.5 Å². The number of benzene rings is 4. The fraction of sp³-hybridized carbons (Fsp3) is 0.412. The summed E-state index contributed by atoms with van der Waals surface area (Å²) in [6.45, 7) is 15.5. The molecule has 0 unspecified atom stereocenters. The van der Waals surface area contributed by atoms with Gasteiger partial charge in [-0.2, -0.15) is 9.97 Å². The molecule has 334 valence electrons. The van der Waals surface area contributed by atoms with Gasteiger partial charge in [-0.1, -0.05) is 123 Å². The lowest BCUT2D eigenvalue weighted by atomic mass is 9.94. The number of pyridine rings is 1. The second-order valence-corrected chi connectivity index (χ2v) is 24.5. The zero-order chi connectivity index (χ0) is 45.0. The molecule has 13 heteroatoms. The number of halogens is 2. The maximum Gasteiger partial charge on any atom is 0.410 e. The number of amides is 1. The largest absolute Gasteiger partial charge is 0.461 e. The van der Waals surface area contributed by atoms with E-state index in [0.717, 1.165) is 37.7 Å². The molecule has 0 radical (unpaired) electrons. The van der Waals surface area contributed by atoms with E-state index >= 15 is 4.39 Å². The van der Waals surface area contributed by atoms with Crippen LogP contribution < -0.4 is 20.0 Å². The Morgan fingerprint density at radius 1 is 0.906 bits per heavy atom. The average Bonchev–Trinajstić information content (AvgIpc) is 4.00. The van der Waals surface area contributed by atoms with Crippen LogP contribution in [-0.2, 0) is 9.16 Å². The third kappa shape index (κ3) is 8.11. The second-order valence-electron chi connectivity index (χ2n) is 19.8. The maximum absolute atomic E-state index is 17.3. The van der Waals surface area contributed by atoms with Crippen molar-refractivity contribution < 1.29 is 23.1 Å². The van der Waals surface area contributed by atoms with E-state index in [1.807, 2.05) is 63.1 Å². The van der Waals surface area contributed by atoms with Crippen molar-refractivity contribution in [1.82, 2.24) is 24.8 Å². The highest BCUT2D eigenvalue weighted by atomic mass is 35.5. The molecule has 4 aromatic carbocycles. The van der Waals surface area contributed by atoms with Crippen molar-refractivity contribution in [1.29, 1.82) is 0 Å². The average molecular weight is 902 g/mol. The van der Waals surface area contributed by atoms with Gasteiger partial charge in [-0.3, -0.25) is 9.88 Å². The minimum atomic E-state index is -2.82. The van der Waals surface area contributed by atoms with Crippen molar-refractivity contribution in [3.63, 3.8) is 0 Å². The van der Waals surface area contributed by atoms with E-state index in [-0.39, 0.29) is 46.0 Å². The third-order valence-electron chi connectivity index (χ3n) is 13.5. The van der Waals surface area contributed by atoms with E-state index in [4.69, 9.17) is 40.5 Å². The third-order valence-corrected chi connectivity index (χ3v) is 18.9. The molecule has 1 amide bonds. The Kier molecular flexibility index (Phi) is 11.7. The molecule has 3 aliphatic rings. The minimum absolute atomic E-state index is 0.0386. The molecule has 0 saturated carbocycles. The van der Waals surface area contributed by atoms with Crippen LogP contribution in [0.2, 0.25) is 10.1 Å². The number of anilines is 1. The summed E-state index contributed by atoms with van der Waals surface area (Å²) in [4.78, 5) is 34.0. The van der Waals surface area contributed by atoms with Gasteiger partial charge in [0.2, 0.25) is 0 Å². The van der Waals surface area contributed by atoms with Crippen LogP contribution in [0.3, 0.4) is 0 Å². The first-order valence-corrected chi connectivity index (χ1v) is 24.8. The molecule has 6 aromatic rings. The van der Waals surface area contributed by atoms with E-state index in [2.05, 4.69) is 86.3 Å². The van der Waals surface area contributed by atoms with E-state index in [1.54, 1.807) is 17.2 Å². The Morgan fingerprint density at radius 3 is 2.27 bits per heavy atom. The van der Waals surface area contributed by atoms with Crippen LogP contribution in [0.5, 0.6) is 6.01 Å². The molecule has 0 N–H and O–H groups in total. The van der Waals surface area contributed by atoms with Crippen LogP contribution in [0.25, 0.3) is 32.9 Å². The van der Waals surface area contributed by atoms with Gasteiger partial charge in [-0.25, -0.2) is 9.18 Å². The van der Waals surface area contributed by atoms with Gasteiger partial charge < -0.3 is 23.7 Å². The summed E-state index contributed by atoms with van der Waals surface area (Å²) < 4.78 is 37.5. The second kappa shape index (κ2) is 17.0. The molecule has 10 nitrogen and oxygen atoms in total. The summed E-state index contributed by atoms with van der Waals surface area (Å²) in [5, 5.41) is 4.89. The predicted octanol–water partition coefficient (Wildman–Crippen LogP) is 9.65. The van der Waals surface area contributed by atoms with Crippen molar-refractivity contribution in [2.24, 2.45) is 0 Å². The topological polar surface area (TPSA) is 93.1 Å². The normalized spacial score (nSPS) is 20.5. The zero-order valence-electron chi connectivity index (χ0n) is 37.9. The van der Waals surface area contributed by atoms with Crippen molar-refractivity contribution in [3.8, 4) is 17.3 Å². The zero-order valence-corrected chi connectivity index (χ0v) is 39.7. The van der Waals surface area contributed by atoms with E-state index in [1.165, 1.54) is 10.4 Å². The number of carbonyl (C=O) groups excluding carboxylic acids is 1. The molecule has 3 aliphatic heterocycles. The molecule has 0 spiro atoms.